The second kappa shape index (κ2) is 13.6. The van der Waals surface area contributed by atoms with Crippen LogP contribution in [0.15, 0.2) is 91.1 Å². The number of ether oxygens (including phenoxy) is 1. The van der Waals surface area contributed by atoms with E-state index in [0.29, 0.717) is 31.0 Å². The summed E-state index contributed by atoms with van der Waals surface area (Å²) >= 11 is 0. The number of carbonyl (C=O) groups is 2. The van der Waals surface area contributed by atoms with Gasteiger partial charge in [-0.1, -0.05) is 48.5 Å². The highest BCUT2D eigenvalue weighted by Crippen LogP contribution is 2.24. The number of aliphatic carboxylic acids is 1. The van der Waals surface area contributed by atoms with Gasteiger partial charge in [0.2, 0.25) is 0 Å². The van der Waals surface area contributed by atoms with Crippen LogP contribution in [0.3, 0.4) is 0 Å². The number of hydrogen-bond acceptors (Lipinski definition) is 5. The van der Waals surface area contributed by atoms with Crippen molar-refractivity contribution in [3.8, 4) is 17.0 Å². The van der Waals surface area contributed by atoms with E-state index in [-0.39, 0.29) is 31.3 Å². The average molecular weight is 571 g/mol. The number of amides is 1. The van der Waals surface area contributed by atoms with Gasteiger partial charge < -0.3 is 15.2 Å². The molecule has 0 aliphatic carbocycles. The fraction of sp³-hybridized carbons (Fsp3) is 0.188. The van der Waals surface area contributed by atoms with Crippen molar-refractivity contribution in [3.63, 3.8) is 0 Å². The van der Waals surface area contributed by atoms with Crippen LogP contribution in [0.4, 0.5) is 0 Å². The molecule has 8 nitrogen and oxygen atoms in total. The maximum absolute atomic E-state index is 12.5. The van der Waals surface area contributed by atoms with Gasteiger partial charge in [-0.3, -0.25) is 19.3 Å². The number of aryl methyl sites for hydroxylation is 2. The van der Waals surface area contributed by atoms with Crippen LogP contribution in [0.25, 0.3) is 22.0 Å². The molecule has 5 rings (SSSR count). The molecule has 0 bridgehead atoms. The summed E-state index contributed by atoms with van der Waals surface area (Å²) in [6.07, 6.45) is 1.92. The molecule has 0 saturated carbocycles. The van der Waals surface area contributed by atoms with Crippen LogP contribution in [-0.2, 0) is 24.3 Å². The normalized spacial score (nSPS) is 10.7. The van der Waals surface area contributed by atoms with Crippen molar-refractivity contribution in [2.24, 2.45) is 0 Å². The second-order valence-electron chi connectivity index (χ2n) is 9.53. The number of halogens is 1. The molecule has 0 fully saturated rings. The van der Waals surface area contributed by atoms with E-state index in [4.69, 9.17) is 14.9 Å². The van der Waals surface area contributed by atoms with Gasteiger partial charge in [0.15, 0.2) is 0 Å². The van der Waals surface area contributed by atoms with Crippen LogP contribution in [0.2, 0.25) is 0 Å². The predicted molar refractivity (Wildman–Crippen MR) is 160 cm³/mol. The Bertz CT molecular complexity index is 1650. The quantitative estimate of drug-likeness (QED) is 0.206. The zero-order chi connectivity index (χ0) is 27.9. The highest BCUT2D eigenvalue weighted by Gasteiger charge is 2.12. The number of rotatable bonds is 11. The number of nitrogens with zero attached hydrogens (tertiary/aromatic N) is 3. The molecule has 0 aliphatic rings. The minimum absolute atomic E-state index is 0. The minimum atomic E-state index is -0.874. The highest BCUT2D eigenvalue weighted by atomic mass is 35.5. The van der Waals surface area contributed by atoms with E-state index >= 15 is 0 Å². The van der Waals surface area contributed by atoms with Crippen LogP contribution < -0.4 is 10.1 Å². The third-order valence-corrected chi connectivity index (χ3v) is 6.72. The van der Waals surface area contributed by atoms with Gasteiger partial charge in [-0.2, -0.15) is 5.10 Å². The van der Waals surface area contributed by atoms with E-state index < -0.39 is 5.97 Å². The molecular formula is C32H31ClN4O4. The van der Waals surface area contributed by atoms with E-state index in [2.05, 4.69) is 46.7 Å². The summed E-state index contributed by atoms with van der Waals surface area (Å²) in [5, 5.41) is 19.2. The summed E-state index contributed by atoms with van der Waals surface area (Å²) in [6.45, 7) is 3.21. The Morgan fingerprint density at radius 3 is 2.51 bits per heavy atom. The molecule has 1 amide bonds. The Kier molecular flexibility index (Phi) is 9.71. The van der Waals surface area contributed by atoms with Crippen molar-refractivity contribution in [3.05, 3.63) is 114 Å². The van der Waals surface area contributed by atoms with Gasteiger partial charge in [0.25, 0.3) is 5.91 Å². The molecule has 5 aromatic rings. The van der Waals surface area contributed by atoms with E-state index in [0.717, 1.165) is 28.1 Å². The second-order valence-corrected chi connectivity index (χ2v) is 9.53. The Labute approximate surface area is 244 Å². The molecule has 0 aliphatic heterocycles. The number of carboxylic acids is 1. The molecule has 2 aromatic heterocycles. The van der Waals surface area contributed by atoms with E-state index in [1.807, 2.05) is 41.9 Å². The average Bonchev–Trinajstić information content (AvgIpc) is 3.35. The van der Waals surface area contributed by atoms with Gasteiger partial charge in [-0.25, -0.2) is 0 Å². The lowest BCUT2D eigenvalue weighted by Crippen LogP contribution is -2.24. The SMILES string of the molecule is Cc1cc(-c2ccc3ccccc3c2)nn1CCOc1ccc(CCC(=O)O)c(CNC(=O)c2ccccn2)c1.Cl. The van der Waals surface area contributed by atoms with E-state index in [9.17, 15) is 9.59 Å². The molecule has 2 heterocycles. The number of carbonyl (C=O) groups excluding carboxylic acids is 1. The first-order valence-corrected chi connectivity index (χ1v) is 13.2. The van der Waals surface area contributed by atoms with Crippen molar-refractivity contribution in [2.45, 2.75) is 32.9 Å². The lowest BCUT2D eigenvalue weighted by atomic mass is 10.0. The maximum atomic E-state index is 12.5. The Morgan fingerprint density at radius 2 is 1.73 bits per heavy atom. The first-order chi connectivity index (χ1) is 19.5. The van der Waals surface area contributed by atoms with Crippen molar-refractivity contribution in [1.29, 1.82) is 0 Å². The summed E-state index contributed by atoms with van der Waals surface area (Å²) in [5.74, 6) is -0.533. The molecule has 210 valence electrons. The Morgan fingerprint density at radius 1 is 0.927 bits per heavy atom. The summed E-state index contributed by atoms with van der Waals surface area (Å²) < 4.78 is 7.98. The fourth-order valence-electron chi connectivity index (χ4n) is 4.58. The Hall–Kier alpha value is -4.69. The highest BCUT2D eigenvalue weighted by molar-refractivity contribution is 5.92. The monoisotopic (exact) mass is 570 g/mol. The van der Waals surface area contributed by atoms with Crippen LogP contribution in [-0.4, -0.2) is 38.4 Å². The van der Waals surface area contributed by atoms with Gasteiger partial charge in [-0.05, 0) is 71.6 Å². The van der Waals surface area contributed by atoms with E-state index in [1.54, 1.807) is 24.4 Å². The number of nitrogens with one attached hydrogen (secondary N) is 1. The number of aromatic nitrogens is 3. The van der Waals surface area contributed by atoms with Gasteiger partial charge in [0.05, 0.1) is 12.2 Å². The first-order valence-electron chi connectivity index (χ1n) is 13.2. The third-order valence-electron chi connectivity index (χ3n) is 6.72. The molecule has 0 spiro atoms. The maximum Gasteiger partial charge on any atom is 0.303 e. The van der Waals surface area contributed by atoms with Gasteiger partial charge >= 0.3 is 5.97 Å². The van der Waals surface area contributed by atoms with Crippen LogP contribution >= 0.6 is 12.4 Å². The summed E-state index contributed by atoms with van der Waals surface area (Å²) in [4.78, 5) is 27.7. The molecule has 0 atom stereocenters. The topological polar surface area (TPSA) is 106 Å². The number of hydrogen-bond donors (Lipinski definition) is 2. The van der Waals surface area contributed by atoms with Gasteiger partial charge in [0.1, 0.15) is 18.1 Å². The number of fused-ring (bicyclic) bond motifs is 1. The summed E-state index contributed by atoms with van der Waals surface area (Å²) in [7, 11) is 0. The third kappa shape index (κ3) is 7.49. The molecule has 0 saturated heterocycles. The largest absolute Gasteiger partial charge is 0.492 e. The first kappa shape index (κ1) is 29.3. The smallest absolute Gasteiger partial charge is 0.303 e. The fourth-order valence-corrected chi connectivity index (χ4v) is 4.58. The van der Waals surface area contributed by atoms with Crippen molar-refractivity contribution >= 4 is 35.1 Å². The standard InChI is InChI=1S/C32H30N4O4.ClH/c1-22-18-30(26-10-9-23-6-2-3-7-25(23)19-26)35-36(22)16-17-40-28-13-11-24(12-14-31(37)38)27(20-28)21-34-32(39)29-8-4-5-15-33-29;/h2-11,13,15,18-20H,12,14,16-17,21H2,1H3,(H,34,39)(H,37,38);1H. The number of pyridine rings is 1. The van der Waals surface area contributed by atoms with Crippen molar-refractivity contribution in [2.75, 3.05) is 6.61 Å². The van der Waals surface area contributed by atoms with Crippen molar-refractivity contribution < 1.29 is 19.4 Å². The lowest BCUT2D eigenvalue weighted by molar-refractivity contribution is -0.136. The van der Waals surface area contributed by atoms with E-state index in [1.165, 1.54) is 10.8 Å². The Balaban J connectivity index is 0.00000387. The summed E-state index contributed by atoms with van der Waals surface area (Å²) in [5.41, 5.74) is 4.98. The molecule has 0 unspecified atom stereocenters. The molecular weight excluding hydrogens is 540 g/mol. The lowest BCUT2D eigenvalue weighted by Gasteiger charge is -2.14. The van der Waals surface area contributed by atoms with Gasteiger partial charge in [0, 0.05) is 30.4 Å². The molecule has 9 heteroatoms. The van der Waals surface area contributed by atoms with Gasteiger partial charge in [-0.15, -0.1) is 12.4 Å². The zero-order valence-electron chi connectivity index (χ0n) is 22.6. The number of benzene rings is 3. The minimum Gasteiger partial charge on any atom is -0.492 e. The van der Waals surface area contributed by atoms with Crippen molar-refractivity contribution in [1.82, 2.24) is 20.1 Å². The molecule has 41 heavy (non-hydrogen) atoms. The van der Waals surface area contributed by atoms with Crippen LogP contribution in [0, 0.1) is 6.92 Å². The molecule has 3 aromatic carbocycles. The van der Waals surface area contributed by atoms with Crippen LogP contribution in [0.5, 0.6) is 5.75 Å². The number of carboxylic acid groups (broad SMARTS) is 1. The zero-order valence-corrected chi connectivity index (χ0v) is 23.4. The summed E-state index contributed by atoms with van der Waals surface area (Å²) in [6, 6.07) is 27.4. The van der Waals surface area contributed by atoms with Crippen LogP contribution in [0.1, 0.15) is 33.7 Å². The molecule has 0 radical (unpaired) electrons. The molecule has 2 N–H and O–H groups in total. The predicted octanol–water partition coefficient (Wildman–Crippen LogP) is 5.85.